The molecule has 1 aromatic heterocycles. The average Bonchev–Trinajstić information content (AvgIpc) is 2.68. The molecule has 0 radical (unpaired) electrons. The van der Waals surface area contributed by atoms with Gasteiger partial charge in [-0.15, -0.1) is 5.10 Å². The van der Waals surface area contributed by atoms with E-state index >= 15 is 0 Å². The van der Waals surface area contributed by atoms with Crippen LogP contribution >= 0.6 is 11.8 Å². The van der Waals surface area contributed by atoms with E-state index in [1.54, 1.807) is 24.8 Å². The monoisotopic (exact) mass is 363 g/mol. The first-order chi connectivity index (χ1) is 12.8. The summed E-state index contributed by atoms with van der Waals surface area (Å²) in [6, 6.07) is 17.5. The van der Waals surface area contributed by atoms with Gasteiger partial charge < -0.3 is 10.5 Å². The van der Waals surface area contributed by atoms with Crippen molar-refractivity contribution in [3.05, 3.63) is 84.3 Å². The first kappa shape index (κ1) is 17.6. The van der Waals surface area contributed by atoms with E-state index in [9.17, 15) is 0 Å². The smallest absolute Gasteiger partial charge is 0.237 e. The van der Waals surface area contributed by atoms with E-state index in [1.165, 1.54) is 17.3 Å². The second-order valence-electron chi connectivity index (χ2n) is 5.18. The summed E-state index contributed by atoms with van der Waals surface area (Å²) in [6.45, 7) is 0. The number of ether oxygens (including phenoxy) is 1. The highest BCUT2D eigenvalue weighted by molar-refractivity contribution is 8.13. The molecule has 7 heteroatoms. The summed E-state index contributed by atoms with van der Waals surface area (Å²) in [7, 11) is 0. The molecule has 0 aliphatic rings. The number of hydrogen-bond acceptors (Lipinski definition) is 6. The van der Waals surface area contributed by atoms with Gasteiger partial charge in [0, 0.05) is 18.1 Å². The number of aromatic nitrogens is 2. The minimum atomic E-state index is 0.414. The number of benzene rings is 2. The lowest BCUT2D eigenvalue weighted by molar-refractivity contribution is 0.460. The van der Waals surface area contributed by atoms with Gasteiger partial charge in [0.05, 0.1) is 12.4 Å². The molecule has 3 aromatic rings. The van der Waals surface area contributed by atoms with E-state index in [0.29, 0.717) is 16.8 Å². The zero-order valence-corrected chi connectivity index (χ0v) is 14.7. The largest absolute Gasteiger partial charge is 0.437 e. The first-order valence-electron chi connectivity index (χ1n) is 7.87. The molecule has 0 saturated carbocycles. The maximum Gasteiger partial charge on any atom is 0.237 e. The van der Waals surface area contributed by atoms with Crippen molar-refractivity contribution in [1.29, 1.82) is 0 Å². The maximum atomic E-state index is 5.88. The van der Waals surface area contributed by atoms with Crippen molar-refractivity contribution >= 4 is 23.1 Å². The molecule has 3 rings (SSSR count). The van der Waals surface area contributed by atoms with Crippen molar-refractivity contribution in [1.82, 2.24) is 9.97 Å². The predicted octanol–water partition coefficient (Wildman–Crippen LogP) is 3.85. The molecule has 6 nitrogen and oxygen atoms in total. The van der Waals surface area contributed by atoms with Crippen LogP contribution in [0.4, 0.5) is 0 Å². The van der Waals surface area contributed by atoms with E-state index in [2.05, 4.69) is 20.2 Å². The molecule has 1 heterocycles. The van der Waals surface area contributed by atoms with Gasteiger partial charge in [-0.25, -0.2) is 4.98 Å². The van der Waals surface area contributed by atoms with E-state index in [1.807, 2.05) is 54.6 Å². The van der Waals surface area contributed by atoms with Gasteiger partial charge in [-0.2, -0.15) is 5.10 Å². The summed E-state index contributed by atoms with van der Waals surface area (Å²) in [5, 5.41) is 8.46. The van der Waals surface area contributed by atoms with Crippen molar-refractivity contribution in [2.24, 2.45) is 15.9 Å². The number of nitrogens with zero attached hydrogens (tertiary/aromatic N) is 4. The molecule has 0 aliphatic carbocycles. The average molecular weight is 363 g/mol. The Kier molecular flexibility index (Phi) is 6.33. The molecule has 0 bridgehead atoms. The molecule has 0 aliphatic heterocycles. The third-order valence-electron chi connectivity index (χ3n) is 3.21. The van der Waals surface area contributed by atoms with Crippen LogP contribution in [0.15, 0.2) is 83.4 Å². The third-order valence-corrected chi connectivity index (χ3v) is 4.07. The third kappa shape index (κ3) is 5.71. The fourth-order valence-corrected chi connectivity index (χ4v) is 2.64. The van der Waals surface area contributed by atoms with Crippen LogP contribution in [0.1, 0.15) is 11.1 Å². The van der Waals surface area contributed by atoms with Gasteiger partial charge in [-0.3, -0.25) is 4.98 Å². The lowest BCUT2D eigenvalue weighted by atomic mass is 10.2. The minimum absolute atomic E-state index is 0.414. The summed E-state index contributed by atoms with van der Waals surface area (Å²) in [5.41, 5.74) is 7.91. The molecule has 2 N–H and O–H groups in total. The normalized spacial score (nSPS) is 11.6. The summed E-state index contributed by atoms with van der Waals surface area (Å²) in [6.07, 6.45) is 6.34. The van der Waals surface area contributed by atoms with Crippen LogP contribution in [-0.4, -0.2) is 21.4 Å². The summed E-state index contributed by atoms with van der Waals surface area (Å²) < 4.78 is 5.63. The van der Waals surface area contributed by atoms with Crippen LogP contribution in [0.2, 0.25) is 0 Å². The molecular formula is C19H17N5OS. The lowest BCUT2D eigenvalue weighted by Crippen LogP contribution is -2.05. The summed E-state index contributed by atoms with van der Waals surface area (Å²) >= 11 is 1.44. The first-order valence-corrected chi connectivity index (χ1v) is 8.85. The highest BCUT2D eigenvalue weighted by Gasteiger charge is 1.99. The van der Waals surface area contributed by atoms with E-state index < -0.39 is 0 Å². The van der Waals surface area contributed by atoms with Gasteiger partial charge >= 0.3 is 0 Å². The summed E-state index contributed by atoms with van der Waals surface area (Å²) in [5.74, 6) is 1.83. The topological polar surface area (TPSA) is 85.8 Å². The molecule has 0 spiro atoms. The molecule has 0 amide bonds. The van der Waals surface area contributed by atoms with E-state index in [4.69, 9.17) is 10.5 Å². The van der Waals surface area contributed by atoms with Crippen molar-refractivity contribution in [3.63, 3.8) is 0 Å². The van der Waals surface area contributed by atoms with Gasteiger partial charge in [0.1, 0.15) is 5.75 Å². The van der Waals surface area contributed by atoms with Crippen molar-refractivity contribution < 1.29 is 4.74 Å². The number of hydrogen-bond donors (Lipinski definition) is 1. The molecule has 0 unspecified atom stereocenters. The Balaban J connectivity index is 1.56. The van der Waals surface area contributed by atoms with Gasteiger partial charge in [-0.05, 0) is 23.3 Å². The zero-order chi connectivity index (χ0) is 18.0. The Labute approximate surface area is 155 Å². The molecule has 0 fully saturated rings. The van der Waals surface area contributed by atoms with E-state index in [-0.39, 0.29) is 0 Å². The lowest BCUT2D eigenvalue weighted by Gasteiger charge is -2.04. The van der Waals surface area contributed by atoms with Gasteiger partial charge in [-0.1, -0.05) is 54.2 Å². The van der Waals surface area contributed by atoms with Crippen molar-refractivity contribution in [2.45, 2.75) is 5.75 Å². The summed E-state index contributed by atoms with van der Waals surface area (Å²) in [4.78, 5) is 8.04. The molecule has 2 aromatic carbocycles. The molecular weight excluding hydrogens is 346 g/mol. The van der Waals surface area contributed by atoms with Crippen LogP contribution in [0.3, 0.4) is 0 Å². The van der Waals surface area contributed by atoms with Crippen LogP contribution < -0.4 is 10.5 Å². The second-order valence-corrected chi connectivity index (χ2v) is 6.17. The SMILES string of the molecule is NC(=NN=Cc1cccc(Oc2cnccn2)c1)SCc1ccccc1. The van der Waals surface area contributed by atoms with Crippen LogP contribution in [0.25, 0.3) is 0 Å². The van der Waals surface area contributed by atoms with Crippen molar-refractivity contribution in [2.75, 3.05) is 0 Å². The molecule has 26 heavy (non-hydrogen) atoms. The second kappa shape index (κ2) is 9.33. The Morgan fingerprint density at radius 3 is 2.81 bits per heavy atom. The highest BCUT2D eigenvalue weighted by Crippen LogP contribution is 2.18. The number of nitrogens with two attached hydrogens (primary N) is 1. The number of amidine groups is 1. The fourth-order valence-electron chi connectivity index (χ4n) is 2.03. The predicted molar refractivity (Wildman–Crippen MR) is 106 cm³/mol. The molecule has 130 valence electrons. The fraction of sp³-hybridized carbons (Fsp3) is 0.0526. The van der Waals surface area contributed by atoms with Crippen LogP contribution in [-0.2, 0) is 5.75 Å². The Morgan fingerprint density at radius 2 is 2.00 bits per heavy atom. The Bertz CT molecular complexity index is 885. The standard InChI is InChI=1S/C19H17N5OS/c20-19(26-14-15-5-2-1-3-6-15)24-23-12-16-7-4-8-17(11-16)25-18-13-21-9-10-22-18/h1-13H,14H2,(H2,20,24). The van der Waals surface area contributed by atoms with Crippen molar-refractivity contribution in [3.8, 4) is 11.6 Å². The maximum absolute atomic E-state index is 5.88. The van der Waals surface area contributed by atoms with Gasteiger partial charge in [0.15, 0.2) is 5.17 Å². The molecule has 0 saturated heterocycles. The number of thioether (sulfide) groups is 1. The zero-order valence-electron chi connectivity index (χ0n) is 13.9. The quantitative estimate of drug-likeness (QED) is 0.408. The minimum Gasteiger partial charge on any atom is -0.437 e. The van der Waals surface area contributed by atoms with Gasteiger partial charge in [0.25, 0.3) is 0 Å². The highest BCUT2D eigenvalue weighted by atomic mass is 32.2. The van der Waals surface area contributed by atoms with Gasteiger partial charge in [0.2, 0.25) is 5.88 Å². The Morgan fingerprint density at radius 1 is 1.12 bits per heavy atom. The number of rotatable bonds is 6. The molecule has 0 atom stereocenters. The van der Waals surface area contributed by atoms with E-state index in [0.717, 1.165) is 11.3 Å². The van der Waals surface area contributed by atoms with Crippen LogP contribution in [0, 0.1) is 0 Å². The Hall–Kier alpha value is -3.19. The van der Waals surface area contributed by atoms with Crippen LogP contribution in [0.5, 0.6) is 11.6 Å².